The molecule has 0 aliphatic rings. The van der Waals surface area contributed by atoms with Gasteiger partial charge in [-0.1, -0.05) is 12.1 Å². The van der Waals surface area contributed by atoms with Crippen molar-refractivity contribution < 1.29 is 17.9 Å². The first-order valence-corrected chi connectivity index (χ1v) is 5.70. The molecule has 0 radical (unpaired) electrons. The average molecular weight is 288 g/mol. The number of ether oxygens (including phenoxy) is 1. The molecule has 0 aromatic heterocycles. The zero-order valence-corrected chi connectivity index (χ0v) is 10.7. The SMILES string of the molecule is COc1ccc(-c2c(F)c(F)c(C#N)c(C#N)c2F)cc1. The molecule has 0 aliphatic carbocycles. The highest BCUT2D eigenvalue weighted by atomic mass is 19.2. The smallest absolute Gasteiger partial charge is 0.178 e. The molecule has 0 saturated carbocycles. The second-order valence-corrected chi connectivity index (χ2v) is 4.02. The fraction of sp³-hybridized carbons (Fsp3) is 0.0667. The number of methoxy groups -OCH3 is 1. The van der Waals surface area contributed by atoms with Crippen LogP contribution in [0.4, 0.5) is 13.2 Å². The summed E-state index contributed by atoms with van der Waals surface area (Å²) in [5.41, 5.74) is -2.41. The molecule has 0 spiro atoms. The Morgan fingerprint density at radius 3 is 1.86 bits per heavy atom. The van der Waals surface area contributed by atoms with Crippen molar-refractivity contribution >= 4 is 0 Å². The maximum absolute atomic E-state index is 14.2. The van der Waals surface area contributed by atoms with Crippen LogP contribution < -0.4 is 4.74 Å². The minimum absolute atomic E-state index is 0.0330. The Labute approximate surface area is 118 Å². The molecular formula is C15H7F3N2O. The lowest BCUT2D eigenvalue weighted by molar-refractivity contribution is 0.415. The van der Waals surface area contributed by atoms with Gasteiger partial charge in [-0.15, -0.1) is 0 Å². The summed E-state index contributed by atoms with van der Waals surface area (Å²) in [5, 5.41) is 17.6. The van der Waals surface area contributed by atoms with Crippen molar-refractivity contribution in [3.8, 4) is 29.0 Å². The maximum atomic E-state index is 14.2. The van der Waals surface area contributed by atoms with Crippen LogP contribution in [0.25, 0.3) is 11.1 Å². The van der Waals surface area contributed by atoms with Crippen LogP contribution in [0.5, 0.6) is 5.75 Å². The van der Waals surface area contributed by atoms with E-state index in [1.54, 1.807) is 0 Å². The van der Waals surface area contributed by atoms with Gasteiger partial charge in [0.1, 0.15) is 29.0 Å². The van der Waals surface area contributed by atoms with Crippen LogP contribution in [0.1, 0.15) is 11.1 Å². The third-order valence-corrected chi connectivity index (χ3v) is 2.92. The molecule has 0 N–H and O–H groups in total. The summed E-state index contributed by atoms with van der Waals surface area (Å²) in [6, 6.07) is 8.22. The second kappa shape index (κ2) is 5.56. The van der Waals surface area contributed by atoms with E-state index in [4.69, 9.17) is 15.3 Å². The van der Waals surface area contributed by atoms with Gasteiger partial charge < -0.3 is 4.74 Å². The van der Waals surface area contributed by atoms with Gasteiger partial charge in [0.25, 0.3) is 0 Å². The number of nitriles is 2. The zero-order chi connectivity index (χ0) is 15.6. The van der Waals surface area contributed by atoms with Gasteiger partial charge >= 0.3 is 0 Å². The molecule has 0 heterocycles. The van der Waals surface area contributed by atoms with Crippen molar-refractivity contribution in [2.24, 2.45) is 0 Å². The second-order valence-electron chi connectivity index (χ2n) is 4.02. The number of nitrogens with zero attached hydrogens (tertiary/aromatic N) is 2. The highest BCUT2D eigenvalue weighted by Gasteiger charge is 2.25. The van der Waals surface area contributed by atoms with Crippen molar-refractivity contribution in [1.82, 2.24) is 0 Å². The van der Waals surface area contributed by atoms with Gasteiger partial charge in [-0.05, 0) is 17.7 Å². The van der Waals surface area contributed by atoms with Crippen molar-refractivity contribution in [3.05, 3.63) is 52.8 Å². The summed E-state index contributed by atoms with van der Waals surface area (Å²) < 4.78 is 46.9. The summed E-state index contributed by atoms with van der Waals surface area (Å²) in [4.78, 5) is 0. The van der Waals surface area contributed by atoms with E-state index in [2.05, 4.69) is 0 Å². The lowest BCUT2D eigenvalue weighted by atomic mass is 9.97. The Balaban J connectivity index is 2.78. The summed E-state index contributed by atoms with van der Waals surface area (Å²) in [6.45, 7) is 0. The number of hydrogen-bond donors (Lipinski definition) is 0. The van der Waals surface area contributed by atoms with E-state index < -0.39 is 34.1 Å². The van der Waals surface area contributed by atoms with E-state index in [1.165, 1.54) is 43.5 Å². The van der Waals surface area contributed by atoms with Crippen LogP contribution in [-0.4, -0.2) is 7.11 Å². The van der Waals surface area contributed by atoms with E-state index in [9.17, 15) is 13.2 Å². The Morgan fingerprint density at radius 2 is 1.38 bits per heavy atom. The quantitative estimate of drug-likeness (QED) is 0.794. The van der Waals surface area contributed by atoms with E-state index in [0.717, 1.165) is 0 Å². The number of rotatable bonds is 2. The van der Waals surface area contributed by atoms with E-state index >= 15 is 0 Å². The van der Waals surface area contributed by atoms with Crippen molar-refractivity contribution in [1.29, 1.82) is 10.5 Å². The van der Waals surface area contributed by atoms with Crippen LogP contribution >= 0.6 is 0 Å². The first-order valence-electron chi connectivity index (χ1n) is 5.70. The lowest BCUT2D eigenvalue weighted by Gasteiger charge is -2.10. The normalized spacial score (nSPS) is 9.81. The molecule has 0 atom stereocenters. The first kappa shape index (κ1) is 14.4. The maximum Gasteiger partial charge on any atom is 0.178 e. The molecule has 2 aromatic rings. The minimum Gasteiger partial charge on any atom is -0.497 e. The molecule has 2 rings (SSSR count). The van der Waals surface area contributed by atoms with Gasteiger partial charge in [-0.2, -0.15) is 10.5 Å². The van der Waals surface area contributed by atoms with Crippen molar-refractivity contribution in [3.63, 3.8) is 0 Å². The summed E-state index contributed by atoms with van der Waals surface area (Å²) in [5.74, 6) is -3.86. The minimum atomic E-state index is -1.54. The highest BCUT2D eigenvalue weighted by molar-refractivity contribution is 5.70. The Bertz CT molecular complexity index is 787. The molecule has 21 heavy (non-hydrogen) atoms. The Kier molecular flexibility index (Phi) is 3.82. The summed E-state index contributed by atoms with van der Waals surface area (Å²) >= 11 is 0. The van der Waals surface area contributed by atoms with E-state index in [-0.39, 0.29) is 5.56 Å². The summed E-state index contributed by atoms with van der Waals surface area (Å²) in [6.07, 6.45) is 0. The number of benzene rings is 2. The number of hydrogen-bond acceptors (Lipinski definition) is 3. The largest absolute Gasteiger partial charge is 0.497 e. The van der Waals surface area contributed by atoms with Crippen LogP contribution in [0.15, 0.2) is 24.3 Å². The van der Waals surface area contributed by atoms with Crippen LogP contribution in [0.2, 0.25) is 0 Å². The molecule has 3 nitrogen and oxygen atoms in total. The van der Waals surface area contributed by atoms with Crippen molar-refractivity contribution in [2.45, 2.75) is 0 Å². The molecule has 0 aliphatic heterocycles. The van der Waals surface area contributed by atoms with Gasteiger partial charge in [0, 0.05) is 0 Å². The summed E-state index contributed by atoms with van der Waals surface area (Å²) in [7, 11) is 1.42. The average Bonchev–Trinajstić information content (AvgIpc) is 2.51. The van der Waals surface area contributed by atoms with Crippen LogP contribution in [-0.2, 0) is 0 Å². The zero-order valence-electron chi connectivity index (χ0n) is 10.7. The van der Waals surface area contributed by atoms with E-state index in [0.29, 0.717) is 5.75 Å². The van der Waals surface area contributed by atoms with Crippen LogP contribution in [0, 0.1) is 40.1 Å². The third-order valence-electron chi connectivity index (χ3n) is 2.92. The predicted molar refractivity (Wildman–Crippen MR) is 67.7 cm³/mol. The lowest BCUT2D eigenvalue weighted by Crippen LogP contribution is -2.03. The molecule has 6 heteroatoms. The topological polar surface area (TPSA) is 56.8 Å². The standard InChI is InChI=1S/C15H7F3N2O/c1-21-9-4-2-8(3-5-9)12-13(16)10(6-19)11(7-20)14(17)15(12)18/h2-5H,1H3. The molecule has 2 aromatic carbocycles. The van der Waals surface area contributed by atoms with Gasteiger partial charge in [0.15, 0.2) is 17.5 Å². The molecule has 0 bridgehead atoms. The third kappa shape index (κ3) is 2.28. The van der Waals surface area contributed by atoms with Crippen LogP contribution in [0.3, 0.4) is 0 Å². The Morgan fingerprint density at radius 1 is 0.857 bits per heavy atom. The first-order chi connectivity index (χ1) is 10.0. The highest BCUT2D eigenvalue weighted by Crippen LogP contribution is 2.33. The predicted octanol–water partition coefficient (Wildman–Crippen LogP) is 3.52. The van der Waals surface area contributed by atoms with Gasteiger partial charge in [0.05, 0.1) is 12.7 Å². The fourth-order valence-corrected chi connectivity index (χ4v) is 1.88. The number of halogens is 3. The van der Waals surface area contributed by atoms with Gasteiger partial charge in [0.2, 0.25) is 0 Å². The fourth-order valence-electron chi connectivity index (χ4n) is 1.88. The molecular weight excluding hydrogens is 281 g/mol. The van der Waals surface area contributed by atoms with Gasteiger partial charge in [-0.3, -0.25) is 0 Å². The van der Waals surface area contributed by atoms with Gasteiger partial charge in [-0.25, -0.2) is 13.2 Å². The monoisotopic (exact) mass is 288 g/mol. The Hall–Kier alpha value is -2.99. The molecule has 0 unspecified atom stereocenters. The molecule has 0 fully saturated rings. The molecule has 104 valence electrons. The molecule has 0 saturated heterocycles. The van der Waals surface area contributed by atoms with Crippen molar-refractivity contribution in [2.75, 3.05) is 7.11 Å². The van der Waals surface area contributed by atoms with E-state index in [1.807, 2.05) is 0 Å². The molecule has 0 amide bonds.